The molecule has 3 rings (SSSR count). The highest BCUT2D eigenvalue weighted by molar-refractivity contribution is 7.10. The second kappa shape index (κ2) is 8.70. The van der Waals surface area contributed by atoms with Crippen molar-refractivity contribution in [3.63, 3.8) is 0 Å². The van der Waals surface area contributed by atoms with Crippen molar-refractivity contribution >= 4 is 11.3 Å². The normalized spacial score (nSPS) is 17.4. The first-order chi connectivity index (χ1) is 12.2. The average molecular weight is 362 g/mol. The van der Waals surface area contributed by atoms with Crippen LogP contribution in [-0.2, 0) is 5.41 Å². The van der Waals surface area contributed by atoms with E-state index in [9.17, 15) is 5.11 Å². The molecule has 5 heteroatoms. The molecule has 1 aromatic carbocycles. The summed E-state index contributed by atoms with van der Waals surface area (Å²) in [6.45, 7) is 1.70. The Kier molecular flexibility index (Phi) is 6.34. The maximum Gasteiger partial charge on any atom is 0.161 e. The molecule has 0 bridgehead atoms. The first kappa shape index (κ1) is 18.2. The van der Waals surface area contributed by atoms with Crippen LogP contribution in [0.4, 0.5) is 0 Å². The van der Waals surface area contributed by atoms with Gasteiger partial charge in [-0.2, -0.15) is 0 Å². The Morgan fingerprint density at radius 3 is 2.60 bits per heavy atom. The molecule has 1 fully saturated rings. The van der Waals surface area contributed by atoms with Crippen LogP contribution in [0.1, 0.15) is 30.6 Å². The van der Waals surface area contributed by atoms with E-state index in [2.05, 4.69) is 22.8 Å². The summed E-state index contributed by atoms with van der Waals surface area (Å²) in [6, 6.07) is 11.9. The lowest BCUT2D eigenvalue weighted by molar-refractivity contribution is 0.103. The molecule has 25 heavy (non-hydrogen) atoms. The minimum Gasteiger partial charge on any atom is -0.493 e. The minimum atomic E-state index is -0.549. The van der Waals surface area contributed by atoms with Gasteiger partial charge in [-0.05, 0) is 36.4 Å². The predicted molar refractivity (Wildman–Crippen MR) is 102 cm³/mol. The van der Waals surface area contributed by atoms with E-state index < -0.39 is 6.10 Å². The monoisotopic (exact) mass is 361 g/mol. The summed E-state index contributed by atoms with van der Waals surface area (Å²) in [5.41, 5.74) is 0.247. The lowest BCUT2D eigenvalue weighted by Crippen LogP contribution is -2.40. The number of benzene rings is 1. The fraction of sp³-hybridized carbons (Fsp3) is 0.500. The molecular weight excluding hydrogens is 334 g/mol. The third-order valence-corrected chi connectivity index (χ3v) is 6.06. The number of para-hydroxylation sites is 2. The van der Waals surface area contributed by atoms with Crippen molar-refractivity contribution in [3.05, 3.63) is 46.7 Å². The van der Waals surface area contributed by atoms with Crippen LogP contribution in [0, 0.1) is 0 Å². The van der Waals surface area contributed by atoms with Crippen molar-refractivity contribution in [1.29, 1.82) is 0 Å². The van der Waals surface area contributed by atoms with E-state index in [0.29, 0.717) is 18.0 Å². The molecule has 0 spiro atoms. The molecule has 4 nitrogen and oxygen atoms in total. The zero-order valence-corrected chi connectivity index (χ0v) is 15.6. The first-order valence-electron chi connectivity index (χ1n) is 8.92. The summed E-state index contributed by atoms with van der Waals surface area (Å²) >= 11 is 1.85. The molecule has 0 radical (unpaired) electrons. The summed E-state index contributed by atoms with van der Waals surface area (Å²) < 4.78 is 11.0. The van der Waals surface area contributed by atoms with Crippen molar-refractivity contribution in [2.75, 3.05) is 26.8 Å². The zero-order valence-electron chi connectivity index (χ0n) is 14.7. The van der Waals surface area contributed by atoms with Crippen molar-refractivity contribution in [2.45, 2.75) is 37.2 Å². The van der Waals surface area contributed by atoms with E-state index in [1.807, 2.05) is 35.6 Å². The average Bonchev–Trinajstić information content (AvgIpc) is 3.32. The van der Waals surface area contributed by atoms with E-state index in [1.165, 1.54) is 30.6 Å². The van der Waals surface area contributed by atoms with Crippen LogP contribution in [0.5, 0.6) is 11.5 Å². The third-order valence-electron chi connectivity index (χ3n) is 4.95. The number of thiophene rings is 1. The number of rotatable bonds is 9. The number of hydrogen-bond donors (Lipinski definition) is 2. The number of aliphatic hydroxyl groups excluding tert-OH is 1. The van der Waals surface area contributed by atoms with Crippen LogP contribution in [0.25, 0.3) is 0 Å². The van der Waals surface area contributed by atoms with E-state index in [-0.39, 0.29) is 12.0 Å². The number of ether oxygens (including phenoxy) is 2. The van der Waals surface area contributed by atoms with Crippen LogP contribution >= 0.6 is 11.3 Å². The Balaban J connectivity index is 1.47. The fourth-order valence-corrected chi connectivity index (χ4v) is 4.59. The van der Waals surface area contributed by atoms with Crippen LogP contribution < -0.4 is 14.8 Å². The van der Waals surface area contributed by atoms with Gasteiger partial charge in [0.1, 0.15) is 12.7 Å². The number of aliphatic hydroxyl groups is 1. The Hall–Kier alpha value is -1.56. The van der Waals surface area contributed by atoms with Crippen molar-refractivity contribution in [3.8, 4) is 11.5 Å². The number of methoxy groups -OCH3 is 1. The highest BCUT2D eigenvalue weighted by Gasteiger charge is 2.36. The quantitative estimate of drug-likeness (QED) is 0.717. The molecule has 1 saturated carbocycles. The van der Waals surface area contributed by atoms with Gasteiger partial charge < -0.3 is 19.9 Å². The molecule has 136 valence electrons. The second-order valence-corrected chi connectivity index (χ2v) is 7.66. The summed E-state index contributed by atoms with van der Waals surface area (Å²) in [6.07, 6.45) is 4.49. The van der Waals surface area contributed by atoms with Gasteiger partial charge >= 0.3 is 0 Å². The third kappa shape index (κ3) is 4.54. The Morgan fingerprint density at radius 1 is 1.16 bits per heavy atom. The maximum atomic E-state index is 10.2. The van der Waals surface area contributed by atoms with E-state index in [1.54, 1.807) is 7.11 Å². The molecule has 0 saturated heterocycles. The molecule has 1 aliphatic rings. The molecule has 1 unspecified atom stereocenters. The number of nitrogens with one attached hydrogen (secondary N) is 1. The van der Waals surface area contributed by atoms with Crippen molar-refractivity contribution < 1.29 is 14.6 Å². The first-order valence-corrected chi connectivity index (χ1v) is 9.80. The van der Waals surface area contributed by atoms with Gasteiger partial charge in [0.15, 0.2) is 11.5 Å². The lowest BCUT2D eigenvalue weighted by Gasteiger charge is -2.29. The molecule has 1 heterocycles. The van der Waals surface area contributed by atoms with Gasteiger partial charge in [0.25, 0.3) is 0 Å². The van der Waals surface area contributed by atoms with E-state index in [4.69, 9.17) is 9.47 Å². The summed E-state index contributed by atoms with van der Waals surface area (Å²) in [7, 11) is 1.62. The maximum absolute atomic E-state index is 10.2. The smallest absolute Gasteiger partial charge is 0.161 e. The van der Waals surface area contributed by atoms with Crippen LogP contribution in [-0.4, -0.2) is 38.0 Å². The van der Waals surface area contributed by atoms with Gasteiger partial charge in [-0.15, -0.1) is 11.3 Å². The summed E-state index contributed by atoms with van der Waals surface area (Å²) in [4.78, 5) is 1.47. The standard InChI is InChI=1S/C20H27NO3S/c1-23-17-7-2-3-8-18(17)24-14-16(22)13-21-15-20(10-4-5-11-20)19-9-6-12-25-19/h2-3,6-9,12,16,21-22H,4-5,10-11,13-15H2,1H3. The van der Waals surface area contributed by atoms with Gasteiger partial charge in [0.05, 0.1) is 7.11 Å². The molecule has 0 aliphatic heterocycles. The van der Waals surface area contributed by atoms with Crippen LogP contribution in [0.2, 0.25) is 0 Å². The van der Waals surface area contributed by atoms with Crippen LogP contribution in [0.15, 0.2) is 41.8 Å². The summed E-state index contributed by atoms with van der Waals surface area (Å²) in [5, 5.41) is 15.9. The van der Waals surface area contributed by atoms with E-state index >= 15 is 0 Å². The lowest BCUT2D eigenvalue weighted by atomic mass is 9.84. The highest BCUT2D eigenvalue weighted by Crippen LogP contribution is 2.42. The van der Waals surface area contributed by atoms with Gasteiger partial charge in [-0.3, -0.25) is 0 Å². The Morgan fingerprint density at radius 2 is 1.92 bits per heavy atom. The van der Waals surface area contributed by atoms with Crippen molar-refractivity contribution in [2.24, 2.45) is 0 Å². The van der Waals surface area contributed by atoms with Gasteiger partial charge in [0.2, 0.25) is 0 Å². The van der Waals surface area contributed by atoms with E-state index in [0.717, 1.165) is 6.54 Å². The largest absolute Gasteiger partial charge is 0.493 e. The van der Waals surface area contributed by atoms with Gasteiger partial charge in [0, 0.05) is 23.4 Å². The molecule has 2 N–H and O–H groups in total. The Bertz CT molecular complexity index is 638. The number of hydrogen-bond acceptors (Lipinski definition) is 5. The Labute approximate surface area is 153 Å². The van der Waals surface area contributed by atoms with Gasteiger partial charge in [-0.25, -0.2) is 0 Å². The predicted octanol–water partition coefficient (Wildman–Crippen LogP) is 3.60. The van der Waals surface area contributed by atoms with Crippen LogP contribution in [0.3, 0.4) is 0 Å². The zero-order chi connectivity index (χ0) is 17.5. The molecule has 1 aliphatic carbocycles. The molecule has 1 atom stereocenters. The summed E-state index contributed by atoms with van der Waals surface area (Å²) in [5.74, 6) is 1.35. The van der Waals surface area contributed by atoms with Crippen molar-refractivity contribution in [1.82, 2.24) is 5.32 Å². The minimum absolute atomic E-state index is 0.247. The SMILES string of the molecule is COc1ccccc1OCC(O)CNCC1(c2cccs2)CCCC1. The van der Waals surface area contributed by atoms with Gasteiger partial charge in [-0.1, -0.05) is 31.0 Å². The highest BCUT2D eigenvalue weighted by atomic mass is 32.1. The second-order valence-electron chi connectivity index (χ2n) is 6.71. The molecule has 0 amide bonds. The fourth-order valence-electron chi connectivity index (χ4n) is 3.60. The molecule has 1 aromatic heterocycles. The molecule has 2 aromatic rings. The topological polar surface area (TPSA) is 50.7 Å². The molecular formula is C20H27NO3S.